The Bertz CT molecular complexity index is 869. The predicted octanol–water partition coefficient (Wildman–Crippen LogP) is 0.365. The van der Waals surface area contributed by atoms with E-state index in [-0.39, 0.29) is 30.1 Å². The lowest BCUT2D eigenvalue weighted by atomic mass is 9.86. The summed E-state index contributed by atoms with van der Waals surface area (Å²) in [6, 6.07) is 0.221. The lowest BCUT2D eigenvalue weighted by Gasteiger charge is -2.25. The fourth-order valence-electron chi connectivity index (χ4n) is 2.74. The highest BCUT2D eigenvalue weighted by Gasteiger charge is 2.28. The highest BCUT2D eigenvalue weighted by Crippen LogP contribution is 2.43. The van der Waals surface area contributed by atoms with E-state index in [0.29, 0.717) is 10.5 Å². The van der Waals surface area contributed by atoms with Crippen molar-refractivity contribution in [3.8, 4) is 11.5 Å². The first-order valence-electron chi connectivity index (χ1n) is 9.69. The van der Waals surface area contributed by atoms with E-state index in [1.54, 1.807) is 0 Å². The van der Waals surface area contributed by atoms with Gasteiger partial charge in [0.25, 0.3) is 0 Å². The van der Waals surface area contributed by atoms with Gasteiger partial charge in [0.05, 0.1) is 4.90 Å². The first-order chi connectivity index (χ1) is 14.7. The molecule has 1 aromatic carbocycles. The molecule has 0 aliphatic rings. The minimum absolute atomic E-state index is 0.0450. The van der Waals surface area contributed by atoms with Gasteiger partial charge >= 0.3 is 11.9 Å². The van der Waals surface area contributed by atoms with Crippen molar-refractivity contribution in [2.75, 3.05) is 12.3 Å². The van der Waals surface area contributed by atoms with Crippen molar-refractivity contribution in [2.45, 2.75) is 56.0 Å². The number of benzene rings is 1. The van der Waals surface area contributed by atoms with Crippen molar-refractivity contribution in [2.24, 2.45) is 5.73 Å². The Morgan fingerprint density at radius 2 is 1.69 bits per heavy atom. The van der Waals surface area contributed by atoms with Crippen LogP contribution in [0, 0.1) is 0 Å². The number of phenols is 2. The molecule has 2 atom stereocenters. The predicted molar refractivity (Wildman–Crippen MR) is 117 cm³/mol. The average Bonchev–Trinajstić information content (AvgIpc) is 2.68. The number of carbonyl (C=O) groups is 4. The Hall–Kier alpha value is -2.99. The normalized spacial score (nSPS) is 13.1. The Labute approximate surface area is 189 Å². The van der Waals surface area contributed by atoms with Crippen LogP contribution in [0.2, 0.25) is 0 Å². The van der Waals surface area contributed by atoms with Crippen LogP contribution >= 0.6 is 11.8 Å². The minimum atomic E-state index is -1.27. The number of aromatic hydroxyl groups is 2. The van der Waals surface area contributed by atoms with E-state index >= 15 is 0 Å². The molecule has 0 heterocycles. The second-order valence-corrected chi connectivity index (χ2v) is 9.11. The molecular weight excluding hydrogens is 442 g/mol. The third-order valence-corrected chi connectivity index (χ3v) is 5.53. The van der Waals surface area contributed by atoms with Gasteiger partial charge < -0.3 is 36.8 Å². The zero-order chi connectivity index (χ0) is 24.6. The monoisotopic (exact) mass is 471 g/mol. The molecule has 0 radical (unpaired) electrons. The molecule has 32 heavy (non-hydrogen) atoms. The van der Waals surface area contributed by atoms with Crippen LogP contribution in [0.25, 0.3) is 0 Å². The number of nitrogens with one attached hydrogen (secondary N) is 2. The third kappa shape index (κ3) is 8.27. The number of aliphatic carboxylic acids is 2. The van der Waals surface area contributed by atoms with Gasteiger partial charge in [-0.3, -0.25) is 19.2 Å². The molecule has 0 aromatic heterocycles. The molecule has 0 aliphatic heterocycles. The summed E-state index contributed by atoms with van der Waals surface area (Å²) < 4.78 is 0. The maximum atomic E-state index is 12.5. The van der Waals surface area contributed by atoms with E-state index in [4.69, 9.17) is 15.9 Å². The van der Waals surface area contributed by atoms with E-state index in [0.717, 1.165) is 11.8 Å². The number of nitrogens with two attached hydrogens (primary N) is 1. The average molecular weight is 472 g/mol. The molecule has 0 saturated carbocycles. The first-order valence-corrected chi connectivity index (χ1v) is 10.7. The molecule has 1 aromatic rings. The second-order valence-electron chi connectivity index (χ2n) is 8.08. The molecular formula is C20H29N3O8S. The van der Waals surface area contributed by atoms with Gasteiger partial charge in [0, 0.05) is 17.7 Å². The largest absolute Gasteiger partial charge is 0.508 e. The van der Waals surface area contributed by atoms with Crippen LogP contribution in [-0.2, 0) is 24.6 Å². The molecule has 0 saturated heterocycles. The number of carboxylic acids is 2. The lowest BCUT2D eigenvalue weighted by Crippen LogP contribution is -2.49. The number of thioether (sulfide) groups is 1. The summed E-state index contributed by atoms with van der Waals surface area (Å²) in [5, 5.41) is 42.8. The minimum Gasteiger partial charge on any atom is -0.508 e. The van der Waals surface area contributed by atoms with Crippen LogP contribution in [0.3, 0.4) is 0 Å². The van der Waals surface area contributed by atoms with Crippen LogP contribution in [0.15, 0.2) is 17.0 Å². The summed E-state index contributed by atoms with van der Waals surface area (Å²) in [4.78, 5) is 46.6. The number of hydrogen-bond acceptors (Lipinski definition) is 8. The van der Waals surface area contributed by atoms with Gasteiger partial charge in [-0.25, -0.2) is 0 Å². The third-order valence-electron chi connectivity index (χ3n) is 4.32. The molecule has 11 nitrogen and oxygen atoms in total. The highest BCUT2D eigenvalue weighted by atomic mass is 32.2. The van der Waals surface area contributed by atoms with Crippen molar-refractivity contribution in [3.05, 3.63) is 17.7 Å². The molecule has 178 valence electrons. The van der Waals surface area contributed by atoms with E-state index in [1.807, 2.05) is 20.8 Å². The summed E-state index contributed by atoms with van der Waals surface area (Å²) in [6.07, 6.45) is -0.412. The fourth-order valence-corrected chi connectivity index (χ4v) is 4.08. The highest BCUT2D eigenvalue weighted by molar-refractivity contribution is 7.99. The quantitative estimate of drug-likeness (QED) is 0.175. The molecule has 0 fully saturated rings. The molecule has 12 heteroatoms. The second kappa shape index (κ2) is 11.6. The summed E-state index contributed by atoms with van der Waals surface area (Å²) in [7, 11) is 0. The zero-order valence-electron chi connectivity index (χ0n) is 18.0. The smallest absolute Gasteiger partial charge is 0.322 e. The zero-order valence-corrected chi connectivity index (χ0v) is 18.9. The van der Waals surface area contributed by atoms with Crippen molar-refractivity contribution in [1.29, 1.82) is 0 Å². The molecule has 1 rings (SSSR count). The summed E-state index contributed by atoms with van der Waals surface area (Å²) in [5.74, 6) is -4.22. The topological polar surface area (TPSA) is 199 Å². The van der Waals surface area contributed by atoms with Crippen LogP contribution in [0.4, 0.5) is 0 Å². The number of carbonyl (C=O) groups excluding carboxylic acids is 2. The number of hydrogen-bond donors (Lipinski definition) is 7. The Morgan fingerprint density at radius 3 is 2.22 bits per heavy atom. The standard InChI is InChI=1S/C20H29N3O8S/c1-20(2,3)16-12(24)5-6-13(25)17(16)32-9-11(18(29)22-8-15(27)28)23-14(26)7-4-10(21)19(30)31/h5-6,10-11,24-25H,4,7-9,21H2,1-3H3,(H,22,29)(H,23,26)(H,27,28)(H,30,31)/t10-,11-/m1/s1. The van der Waals surface area contributed by atoms with Gasteiger partial charge in [-0.2, -0.15) is 0 Å². The fraction of sp³-hybridized carbons (Fsp3) is 0.500. The van der Waals surface area contributed by atoms with Crippen LogP contribution in [0.5, 0.6) is 11.5 Å². The van der Waals surface area contributed by atoms with Gasteiger partial charge in [0.15, 0.2) is 0 Å². The van der Waals surface area contributed by atoms with Crippen LogP contribution < -0.4 is 16.4 Å². The summed E-state index contributed by atoms with van der Waals surface area (Å²) in [5.41, 5.74) is 5.28. The Morgan fingerprint density at radius 1 is 1.09 bits per heavy atom. The Kier molecular flexibility index (Phi) is 9.79. The van der Waals surface area contributed by atoms with Gasteiger partial charge in [-0.05, 0) is 24.0 Å². The van der Waals surface area contributed by atoms with E-state index in [1.165, 1.54) is 12.1 Å². The van der Waals surface area contributed by atoms with Crippen molar-refractivity contribution in [3.63, 3.8) is 0 Å². The SMILES string of the molecule is CC(C)(C)c1c(O)ccc(O)c1SC[C@@H](NC(=O)CC[C@@H](N)C(=O)O)C(=O)NCC(=O)O. The number of rotatable bonds is 11. The number of carboxylic acid groups (broad SMARTS) is 2. The van der Waals surface area contributed by atoms with E-state index in [2.05, 4.69) is 10.6 Å². The maximum absolute atomic E-state index is 12.5. The molecule has 2 amide bonds. The van der Waals surface area contributed by atoms with E-state index in [9.17, 15) is 29.4 Å². The molecule has 8 N–H and O–H groups in total. The molecule has 0 unspecified atom stereocenters. The van der Waals surface area contributed by atoms with Crippen LogP contribution in [-0.4, -0.2) is 68.6 Å². The molecule has 0 bridgehead atoms. The number of amides is 2. The van der Waals surface area contributed by atoms with Crippen molar-refractivity contribution >= 4 is 35.5 Å². The number of phenolic OH excluding ortho intramolecular Hbond substituents is 2. The summed E-state index contributed by atoms with van der Waals surface area (Å²) >= 11 is 1.00. The van der Waals surface area contributed by atoms with Gasteiger partial charge in [0.2, 0.25) is 11.8 Å². The lowest BCUT2D eigenvalue weighted by molar-refractivity contribution is -0.139. The molecule has 0 aliphatic carbocycles. The van der Waals surface area contributed by atoms with E-state index < -0.39 is 47.8 Å². The van der Waals surface area contributed by atoms with Crippen molar-refractivity contribution in [1.82, 2.24) is 10.6 Å². The van der Waals surface area contributed by atoms with Gasteiger partial charge in [-0.15, -0.1) is 11.8 Å². The van der Waals surface area contributed by atoms with Crippen LogP contribution in [0.1, 0.15) is 39.2 Å². The Balaban J connectivity index is 3.04. The summed E-state index contributed by atoms with van der Waals surface area (Å²) in [6.45, 7) is 4.83. The molecule has 0 spiro atoms. The first kappa shape index (κ1) is 27.0. The van der Waals surface area contributed by atoms with Gasteiger partial charge in [0.1, 0.15) is 30.1 Å². The maximum Gasteiger partial charge on any atom is 0.322 e. The van der Waals surface area contributed by atoms with Gasteiger partial charge in [-0.1, -0.05) is 20.8 Å². The van der Waals surface area contributed by atoms with Crippen molar-refractivity contribution < 1.29 is 39.6 Å².